The summed E-state index contributed by atoms with van der Waals surface area (Å²) in [6, 6.07) is -0.296. The van der Waals surface area contributed by atoms with Gasteiger partial charge >= 0.3 is 5.97 Å². The second-order valence-electron chi connectivity index (χ2n) is 4.12. The summed E-state index contributed by atoms with van der Waals surface area (Å²) in [7, 11) is 0. The van der Waals surface area contributed by atoms with E-state index in [0.717, 1.165) is 11.7 Å². The predicted octanol–water partition coefficient (Wildman–Crippen LogP) is 0.863. The lowest BCUT2D eigenvalue weighted by Gasteiger charge is -2.36. The Morgan fingerprint density at radius 3 is 2.94 bits per heavy atom. The number of likely N-dealkylation sites (tertiary alicyclic amines) is 1. The van der Waals surface area contributed by atoms with Crippen LogP contribution in [0.2, 0.25) is 0 Å². The number of carbonyl (C=O) groups excluding carboxylic acids is 1. The molecule has 0 unspecified atom stereocenters. The highest BCUT2D eigenvalue weighted by atomic mass is 32.1. The maximum Gasteiger partial charge on any atom is 0.308 e. The van der Waals surface area contributed by atoms with Gasteiger partial charge in [0.15, 0.2) is 5.69 Å². The second kappa shape index (κ2) is 4.79. The lowest BCUT2D eigenvalue weighted by Crippen LogP contribution is -2.49. The molecule has 0 aliphatic carbocycles. The smallest absolute Gasteiger partial charge is 0.308 e. The molecule has 17 heavy (non-hydrogen) atoms. The Balaban J connectivity index is 2.15. The minimum Gasteiger partial charge on any atom is -0.481 e. The van der Waals surface area contributed by atoms with Gasteiger partial charge in [-0.3, -0.25) is 9.59 Å². The summed E-state index contributed by atoms with van der Waals surface area (Å²) in [5.74, 6) is -1.55. The van der Waals surface area contributed by atoms with Crippen LogP contribution in [0.5, 0.6) is 0 Å². The fraction of sp³-hybridized carbons (Fsp3) is 0.600. The van der Waals surface area contributed by atoms with Crippen LogP contribution in [-0.2, 0) is 4.79 Å². The lowest BCUT2D eigenvalue weighted by molar-refractivity contribution is -0.144. The number of piperidine rings is 1. The summed E-state index contributed by atoms with van der Waals surface area (Å²) in [5.41, 5.74) is 0.299. The number of carboxylic acid groups (broad SMARTS) is 1. The number of amides is 1. The summed E-state index contributed by atoms with van der Waals surface area (Å²) in [6.45, 7) is 2.36. The highest BCUT2D eigenvalue weighted by Crippen LogP contribution is 2.25. The number of rotatable bonds is 2. The Labute approximate surface area is 103 Å². The summed E-state index contributed by atoms with van der Waals surface area (Å²) in [6.07, 6.45) is 2.75. The van der Waals surface area contributed by atoms with Crippen LogP contribution in [0.15, 0.2) is 6.20 Å². The van der Waals surface area contributed by atoms with Crippen LogP contribution in [0.3, 0.4) is 0 Å². The molecule has 1 N–H and O–H groups in total. The number of aromatic nitrogens is 2. The molecule has 0 spiro atoms. The van der Waals surface area contributed by atoms with Crippen molar-refractivity contribution in [1.82, 2.24) is 13.6 Å². The van der Waals surface area contributed by atoms with Gasteiger partial charge in [-0.2, -0.15) is 8.75 Å². The molecule has 6 nitrogen and oxygen atoms in total. The van der Waals surface area contributed by atoms with Gasteiger partial charge in [-0.15, -0.1) is 0 Å². The maximum atomic E-state index is 12.1. The van der Waals surface area contributed by atoms with Crippen molar-refractivity contribution in [2.75, 3.05) is 6.54 Å². The van der Waals surface area contributed by atoms with Gasteiger partial charge < -0.3 is 10.0 Å². The van der Waals surface area contributed by atoms with Crippen molar-refractivity contribution in [1.29, 1.82) is 0 Å². The van der Waals surface area contributed by atoms with Crippen molar-refractivity contribution >= 4 is 23.6 Å². The van der Waals surface area contributed by atoms with Crippen LogP contribution in [0.25, 0.3) is 0 Å². The maximum absolute atomic E-state index is 12.1. The molecule has 0 radical (unpaired) electrons. The van der Waals surface area contributed by atoms with Crippen molar-refractivity contribution < 1.29 is 14.7 Å². The van der Waals surface area contributed by atoms with E-state index in [0.29, 0.717) is 25.1 Å². The first-order chi connectivity index (χ1) is 8.11. The number of aliphatic carboxylic acids is 1. The number of hydrogen-bond acceptors (Lipinski definition) is 5. The minimum atomic E-state index is -0.841. The molecule has 92 valence electrons. The third-order valence-corrected chi connectivity index (χ3v) is 3.62. The molecule has 2 heterocycles. The molecular formula is C10H13N3O3S. The zero-order valence-electron chi connectivity index (χ0n) is 9.37. The molecular weight excluding hydrogens is 242 g/mol. The molecule has 2 atom stereocenters. The van der Waals surface area contributed by atoms with Gasteiger partial charge in [-0.05, 0) is 19.8 Å². The predicted molar refractivity (Wildman–Crippen MR) is 60.8 cm³/mol. The summed E-state index contributed by atoms with van der Waals surface area (Å²) < 4.78 is 7.67. The average Bonchev–Trinajstić information content (AvgIpc) is 2.81. The lowest BCUT2D eigenvalue weighted by atomic mass is 9.90. The molecule has 7 heteroatoms. The van der Waals surface area contributed by atoms with Crippen molar-refractivity contribution in [3.63, 3.8) is 0 Å². The molecule has 2 rings (SSSR count). The average molecular weight is 255 g/mol. The van der Waals surface area contributed by atoms with Gasteiger partial charge in [0.05, 0.1) is 23.8 Å². The van der Waals surface area contributed by atoms with E-state index in [9.17, 15) is 9.59 Å². The molecule has 1 aromatic heterocycles. The number of nitrogens with zero attached hydrogens (tertiary/aromatic N) is 3. The zero-order valence-corrected chi connectivity index (χ0v) is 10.2. The molecule has 1 saturated heterocycles. The molecule has 1 aromatic rings. The van der Waals surface area contributed by atoms with Crippen molar-refractivity contribution in [2.24, 2.45) is 5.92 Å². The van der Waals surface area contributed by atoms with Crippen molar-refractivity contribution in [3.8, 4) is 0 Å². The van der Waals surface area contributed by atoms with E-state index in [-0.39, 0.29) is 11.9 Å². The molecule has 1 amide bonds. The van der Waals surface area contributed by atoms with Crippen molar-refractivity contribution in [3.05, 3.63) is 11.9 Å². The van der Waals surface area contributed by atoms with E-state index in [1.165, 1.54) is 6.20 Å². The van der Waals surface area contributed by atoms with Gasteiger partial charge in [0.2, 0.25) is 0 Å². The van der Waals surface area contributed by atoms with Gasteiger partial charge in [-0.1, -0.05) is 0 Å². The van der Waals surface area contributed by atoms with Crippen molar-refractivity contribution in [2.45, 2.75) is 25.8 Å². The molecule has 1 aliphatic heterocycles. The highest BCUT2D eigenvalue weighted by molar-refractivity contribution is 6.99. The van der Waals surface area contributed by atoms with Gasteiger partial charge in [0, 0.05) is 12.6 Å². The molecule has 1 fully saturated rings. The summed E-state index contributed by atoms with van der Waals surface area (Å²) in [5, 5.41) is 9.07. The van der Waals surface area contributed by atoms with Crippen LogP contribution >= 0.6 is 11.7 Å². The van der Waals surface area contributed by atoms with Crippen LogP contribution in [0.4, 0.5) is 0 Å². The summed E-state index contributed by atoms with van der Waals surface area (Å²) in [4.78, 5) is 24.7. The van der Waals surface area contributed by atoms with E-state index >= 15 is 0 Å². The molecule has 0 saturated carbocycles. The SMILES string of the molecule is C[C@@H]1[C@H](C(=O)O)CCCN1C(=O)c1cnsn1. The topological polar surface area (TPSA) is 83.4 Å². The molecule has 0 aromatic carbocycles. The largest absolute Gasteiger partial charge is 0.481 e. The first kappa shape index (κ1) is 12.0. The highest BCUT2D eigenvalue weighted by Gasteiger charge is 2.36. The first-order valence-electron chi connectivity index (χ1n) is 5.42. The third kappa shape index (κ3) is 2.28. The number of carbonyl (C=O) groups is 2. The molecule has 0 bridgehead atoms. The Kier molecular flexibility index (Phi) is 3.37. The standard InChI is InChI=1S/C10H13N3O3S/c1-6-7(10(15)16)3-2-4-13(6)9(14)8-5-11-17-12-8/h5-7H,2-4H2,1H3,(H,15,16)/t6-,7-/m1/s1. The quantitative estimate of drug-likeness (QED) is 0.847. The second-order valence-corrected chi connectivity index (χ2v) is 4.68. The number of hydrogen-bond donors (Lipinski definition) is 1. The number of carboxylic acids is 1. The van der Waals surface area contributed by atoms with Crippen LogP contribution in [-0.4, -0.2) is 43.2 Å². The first-order valence-corrected chi connectivity index (χ1v) is 6.15. The summed E-state index contributed by atoms with van der Waals surface area (Å²) >= 11 is 0.976. The Morgan fingerprint density at radius 1 is 1.59 bits per heavy atom. The minimum absolute atomic E-state index is 0.225. The fourth-order valence-electron chi connectivity index (χ4n) is 2.17. The van der Waals surface area contributed by atoms with Crippen LogP contribution in [0, 0.1) is 5.92 Å². The Morgan fingerprint density at radius 2 is 2.35 bits per heavy atom. The van der Waals surface area contributed by atoms with Gasteiger partial charge in [0.25, 0.3) is 5.91 Å². The van der Waals surface area contributed by atoms with E-state index in [1.807, 2.05) is 0 Å². The zero-order chi connectivity index (χ0) is 12.4. The molecule has 1 aliphatic rings. The van der Waals surface area contributed by atoms with E-state index < -0.39 is 11.9 Å². The fourth-order valence-corrected chi connectivity index (χ4v) is 2.57. The van der Waals surface area contributed by atoms with Gasteiger partial charge in [-0.25, -0.2) is 0 Å². The van der Waals surface area contributed by atoms with Gasteiger partial charge in [0.1, 0.15) is 0 Å². The monoisotopic (exact) mass is 255 g/mol. The van der Waals surface area contributed by atoms with E-state index in [1.54, 1.807) is 11.8 Å². The normalized spacial score (nSPS) is 24.6. The van der Waals surface area contributed by atoms with Crippen LogP contribution < -0.4 is 0 Å². The third-order valence-electron chi connectivity index (χ3n) is 3.15. The van der Waals surface area contributed by atoms with Crippen LogP contribution in [0.1, 0.15) is 30.3 Å². The van der Waals surface area contributed by atoms with E-state index in [4.69, 9.17) is 5.11 Å². The Bertz CT molecular complexity index is 420. The Hall–Kier alpha value is -1.50. The van der Waals surface area contributed by atoms with E-state index in [2.05, 4.69) is 8.75 Å².